The summed E-state index contributed by atoms with van der Waals surface area (Å²) < 4.78 is 10.4. The zero-order valence-corrected chi connectivity index (χ0v) is 15.9. The van der Waals surface area contributed by atoms with E-state index in [2.05, 4.69) is 15.3 Å². The zero-order valence-electron chi connectivity index (χ0n) is 15.9. The van der Waals surface area contributed by atoms with Gasteiger partial charge in [0.1, 0.15) is 12.4 Å². The Morgan fingerprint density at radius 3 is 2.24 bits per heavy atom. The highest BCUT2D eigenvalue weighted by Crippen LogP contribution is 2.14. The summed E-state index contributed by atoms with van der Waals surface area (Å²) in [6.07, 6.45) is 1.57. The molecule has 6 nitrogen and oxygen atoms in total. The van der Waals surface area contributed by atoms with E-state index in [1.54, 1.807) is 42.6 Å². The van der Waals surface area contributed by atoms with Gasteiger partial charge in [-0.2, -0.15) is 5.10 Å². The predicted octanol–water partition coefficient (Wildman–Crippen LogP) is 3.82. The van der Waals surface area contributed by atoms with E-state index in [-0.39, 0.29) is 11.9 Å². The number of benzene rings is 3. The number of carbonyl (C=O) groups excluding carboxylic acids is 2. The Bertz CT molecular complexity index is 982. The van der Waals surface area contributed by atoms with Crippen molar-refractivity contribution in [2.24, 2.45) is 5.10 Å². The standard InChI is InChI=1S/C23H20N2O4/c1-28-23(27)20-11-7-18(8-12-20)16-29-21-13-9-17(10-14-21)15-24-25-22(26)19-5-3-2-4-6-19/h2-15H,16H2,1H3,(H,25,26)/b24-15+. The topological polar surface area (TPSA) is 77.0 Å². The molecule has 0 unspecified atom stereocenters. The molecule has 0 atom stereocenters. The number of nitrogens with zero attached hydrogens (tertiary/aromatic N) is 1. The van der Waals surface area contributed by atoms with Crippen LogP contribution in [0.4, 0.5) is 0 Å². The van der Waals surface area contributed by atoms with Crippen molar-refractivity contribution in [2.45, 2.75) is 6.61 Å². The third-order valence-corrected chi connectivity index (χ3v) is 4.08. The molecule has 0 bridgehead atoms. The molecule has 0 aliphatic heterocycles. The monoisotopic (exact) mass is 388 g/mol. The van der Waals surface area contributed by atoms with Gasteiger partial charge in [0.05, 0.1) is 18.9 Å². The van der Waals surface area contributed by atoms with Gasteiger partial charge in [-0.1, -0.05) is 30.3 Å². The van der Waals surface area contributed by atoms with Crippen molar-refractivity contribution in [1.82, 2.24) is 5.43 Å². The van der Waals surface area contributed by atoms with Crippen molar-refractivity contribution in [3.8, 4) is 5.75 Å². The van der Waals surface area contributed by atoms with Crippen LogP contribution in [0.2, 0.25) is 0 Å². The number of hydrazone groups is 1. The highest BCUT2D eigenvalue weighted by atomic mass is 16.5. The largest absolute Gasteiger partial charge is 0.489 e. The minimum atomic E-state index is -0.366. The average Bonchev–Trinajstić information content (AvgIpc) is 2.79. The van der Waals surface area contributed by atoms with Crippen LogP contribution in [-0.4, -0.2) is 25.2 Å². The Labute approximate surface area is 168 Å². The van der Waals surface area contributed by atoms with E-state index in [1.165, 1.54) is 7.11 Å². The second-order valence-electron chi connectivity index (χ2n) is 6.11. The third kappa shape index (κ3) is 5.77. The van der Waals surface area contributed by atoms with Gasteiger partial charge in [-0.05, 0) is 59.7 Å². The van der Waals surface area contributed by atoms with Gasteiger partial charge >= 0.3 is 5.97 Å². The Kier molecular flexibility index (Phi) is 6.73. The Morgan fingerprint density at radius 1 is 0.897 bits per heavy atom. The first-order valence-electron chi connectivity index (χ1n) is 8.94. The van der Waals surface area contributed by atoms with Crippen LogP contribution in [-0.2, 0) is 11.3 Å². The molecule has 1 N–H and O–H groups in total. The van der Waals surface area contributed by atoms with Gasteiger partial charge in [0, 0.05) is 5.56 Å². The van der Waals surface area contributed by atoms with Gasteiger partial charge < -0.3 is 9.47 Å². The molecule has 1 amide bonds. The molecular formula is C23H20N2O4. The van der Waals surface area contributed by atoms with Crippen molar-refractivity contribution in [1.29, 1.82) is 0 Å². The number of hydrogen-bond donors (Lipinski definition) is 1. The summed E-state index contributed by atoms with van der Waals surface area (Å²) in [6, 6.07) is 23.3. The van der Waals surface area contributed by atoms with Crippen LogP contribution in [0.1, 0.15) is 31.8 Å². The fraction of sp³-hybridized carbons (Fsp3) is 0.0870. The van der Waals surface area contributed by atoms with E-state index in [0.29, 0.717) is 23.5 Å². The SMILES string of the molecule is COC(=O)c1ccc(COc2ccc(/C=N/NC(=O)c3ccccc3)cc2)cc1. The molecule has 0 aliphatic carbocycles. The summed E-state index contributed by atoms with van der Waals surface area (Å²) in [5.74, 6) is 0.0715. The van der Waals surface area contributed by atoms with Crippen LogP contribution in [0.15, 0.2) is 84.0 Å². The molecule has 0 heterocycles. The number of hydrogen-bond acceptors (Lipinski definition) is 5. The predicted molar refractivity (Wildman–Crippen MR) is 110 cm³/mol. The quantitative estimate of drug-likeness (QED) is 0.379. The fourth-order valence-corrected chi connectivity index (χ4v) is 2.49. The lowest BCUT2D eigenvalue weighted by atomic mass is 10.1. The maximum Gasteiger partial charge on any atom is 0.337 e. The summed E-state index contributed by atoms with van der Waals surface area (Å²) in [4.78, 5) is 23.3. The summed E-state index contributed by atoms with van der Waals surface area (Å²) in [6.45, 7) is 0.377. The molecule has 0 radical (unpaired) electrons. The Morgan fingerprint density at radius 2 is 1.59 bits per heavy atom. The first kappa shape index (κ1) is 19.8. The van der Waals surface area contributed by atoms with E-state index in [9.17, 15) is 9.59 Å². The molecule has 3 aromatic carbocycles. The van der Waals surface area contributed by atoms with Crippen molar-refractivity contribution in [3.05, 3.63) is 101 Å². The lowest BCUT2D eigenvalue weighted by Crippen LogP contribution is -2.17. The van der Waals surface area contributed by atoms with Gasteiger partial charge in [-0.3, -0.25) is 4.79 Å². The van der Waals surface area contributed by atoms with E-state index < -0.39 is 0 Å². The summed E-state index contributed by atoms with van der Waals surface area (Å²) in [7, 11) is 1.35. The molecule has 0 aliphatic rings. The second kappa shape index (κ2) is 9.85. The van der Waals surface area contributed by atoms with E-state index >= 15 is 0 Å². The first-order valence-corrected chi connectivity index (χ1v) is 8.94. The molecule has 0 fully saturated rings. The van der Waals surface area contributed by atoms with Gasteiger partial charge in [-0.25, -0.2) is 10.2 Å². The zero-order chi connectivity index (χ0) is 20.5. The molecule has 146 valence electrons. The normalized spacial score (nSPS) is 10.5. The van der Waals surface area contributed by atoms with Crippen molar-refractivity contribution in [2.75, 3.05) is 7.11 Å². The van der Waals surface area contributed by atoms with E-state index in [1.807, 2.05) is 42.5 Å². The molecule has 3 rings (SSSR count). The molecule has 29 heavy (non-hydrogen) atoms. The molecule has 0 saturated carbocycles. The van der Waals surface area contributed by atoms with Crippen LogP contribution >= 0.6 is 0 Å². The number of carbonyl (C=O) groups is 2. The average molecular weight is 388 g/mol. The van der Waals surface area contributed by atoms with Crippen molar-refractivity contribution < 1.29 is 19.1 Å². The van der Waals surface area contributed by atoms with Crippen molar-refractivity contribution in [3.63, 3.8) is 0 Å². The third-order valence-electron chi connectivity index (χ3n) is 4.08. The lowest BCUT2D eigenvalue weighted by Gasteiger charge is -2.07. The van der Waals surface area contributed by atoms with Crippen LogP contribution in [0.25, 0.3) is 0 Å². The minimum absolute atomic E-state index is 0.264. The highest BCUT2D eigenvalue weighted by Gasteiger charge is 2.05. The number of esters is 1. The van der Waals surface area contributed by atoms with Crippen LogP contribution < -0.4 is 10.2 Å². The van der Waals surface area contributed by atoms with Crippen LogP contribution in [0.3, 0.4) is 0 Å². The number of methoxy groups -OCH3 is 1. The van der Waals surface area contributed by atoms with Gasteiger partial charge in [-0.15, -0.1) is 0 Å². The van der Waals surface area contributed by atoms with Crippen molar-refractivity contribution >= 4 is 18.1 Å². The number of rotatable bonds is 7. The minimum Gasteiger partial charge on any atom is -0.489 e. The molecule has 0 saturated heterocycles. The van der Waals surface area contributed by atoms with Crippen LogP contribution in [0.5, 0.6) is 5.75 Å². The second-order valence-corrected chi connectivity index (χ2v) is 6.11. The maximum atomic E-state index is 11.9. The molecule has 3 aromatic rings. The number of ether oxygens (including phenoxy) is 2. The van der Waals surface area contributed by atoms with Gasteiger partial charge in [0.15, 0.2) is 0 Å². The van der Waals surface area contributed by atoms with Crippen LogP contribution in [0, 0.1) is 0 Å². The Hall–Kier alpha value is -3.93. The number of nitrogens with one attached hydrogen (secondary N) is 1. The smallest absolute Gasteiger partial charge is 0.337 e. The lowest BCUT2D eigenvalue weighted by molar-refractivity contribution is 0.0600. The Balaban J connectivity index is 1.49. The first-order chi connectivity index (χ1) is 14.2. The van der Waals surface area contributed by atoms with Gasteiger partial charge in [0.2, 0.25) is 0 Å². The van der Waals surface area contributed by atoms with E-state index in [0.717, 1.165) is 11.1 Å². The molecule has 0 aromatic heterocycles. The number of amides is 1. The maximum absolute atomic E-state index is 11.9. The fourth-order valence-electron chi connectivity index (χ4n) is 2.49. The van der Waals surface area contributed by atoms with E-state index in [4.69, 9.17) is 4.74 Å². The molecule has 0 spiro atoms. The summed E-state index contributed by atoms with van der Waals surface area (Å²) in [5.41, 5.74) is 5.30. The molecular weight excluding hydrogens is 368 g/mol. The summed E-state index contributed by atoms with van der Waals surface area (Å²) in [5, 5.41) is 3.97. The van der Waals surface area contributed by atoms with Gasteiger partial charge in [0.25, 0.3) is 5.91 Å². The highest BCUT2D eigenvalue weighted by molar-refractivity contribution is 5.94. The molecule has 6 heteroatoms. The summed E-state index contributed by atoms with van der Waals surface area (Å²) >= 11 is 0.